The van der Waals surface area contributed by atoms with E-state index in [-0.39, 0.29) is 5.56 Å². The van der Waals surface area contributed by atoms with Gasteiger partial charge in [0, 0.05) is 11.4 Å². The summed E-state index contributed by atoms with van der Waals surface area (Å²) in [7, 11) is 1.98. The van der Waals surface area contributed by atoms with Crippen LogP contribution in [0.5, 0.6) is 0 Å². The molecular weight excluding hydrogens is 410 g/mol. The molecule has 0 radical (unpaired) electrons. The van der Waals surface area contributed by atoms with Crippen LogP contribution in [-0.4, -0.2) is 22.8 Å². The first-order valence-corrected chi connectivity index (χ1v) is 11.1. The summed E-state index contributed by atoms with van der Waals surface area (Å²) in [4.78, 5) is 13.0. The van der Waals surface area contributed by atoms with Gasteiger partial charge in [-0.15, -0.1) is 0 Å². The minimum Gasteiger partial charge on any atom is -0.360 e. The van der Waals surface area contributed by atoms with Gasteiger partial charge in [-0.2, -0.15) is 0 Å². The van der Waals surface area contributed by atoms with E-state index in [4.69, 9.17) is 16.1 Å². The molecule has 0 bridgehead atoms. The second kappa shape index (κ2) is 11.7. The van der Waals surface area contributed by atoms with Crippen molar-refractivity contribution in [2.45, 2.75) is 53.6 Å². The normalized spacial score (nSPS) is 11.5. The number of aryl methyl sites for hydroxylation is 1. The van der Waals surface area contributed by atoms with Gasteiger partial charge >= 0.3 is 0 Å². The van der Waals surface area contributed by atoms with E-state index in [0.717, 1.165) is 16.5 Å². The van der Waals surface area contributed by atoms with Crippen LogP contribution in [0.1, 0.15) is 45.4 Å². The number of nitrogens with zero attached hydrogens (tertiary/aromatic N) is 2. The first kappa shape index (κ1) is 24.6. The fourth-order valence-electron chi connectivity index (χ4n) is 3.14. The van der Waals surface area contributed by atoms with E-state index < -0.39 is 0 Å². The lowest BCUT2D eigenvalue weighted by atomic mass is 10.1. The Morgan fingerprint density at radius 3 is 2.35 bits per heavy atom. The Labute approximate surface area is 189 Å². The van der Waals surface area contributed by atoms with Crippen LogP contribution in [-0.2, 0) is 6.54 Å². The predicted molar refractivity (Wildman–Crippen MR) is 131 cm³/mol. The van der Waals surface area contributed by atoms with Gasteiger partial charge in [0.1, 0.15) is 16.7 Å². The van der Waals surface area contributed by atoms with Gasteiger partial charge in [-0.3, -0.25) is 4.79 Å². The number of halogens is 1. The molecule has 1 unspecified atom stereocenters. The zero-order chi connectivity index (χ0) is 23.0. The number of pyridine rings is 1. The van der Waals surface area contributed by atoms with Crippen LogP contribution >= 0.6 is 11.6 Å². The van der Waals surface area contributed by atoms with Gasteiger partial charge in [0.25, 0.3) is 5.56 Å². The van der Waals surface area contributed by atoms with E-state index >= 15 is 0 Å². The molecule has 5 nitrogen and oxygen atoms in total. The Bertz CT molecular complexity index is 1160. The van der Waals surface area contributed by atoms with E-state index in [1.54, 1.807) is 17.6 Å². The Morgan fingerprint density at radius 2 is 1.77 bits per heavy atom. The van der Waals surface area contributed by atoms with Crippen molar-refractivity contribution in [3.63, 3.8) is 0 Å². The Hall–Kier alpha value is -2.63. The molecule has 0 aliphatic carbocycles. The fraction of sp³-hybridized carbons (Fsp3) is 0.360. The van der Waals surface area contributed by atoms with Crippen molar-refractivity contribution < 1.29 is 4.52 Å². The molecule has 0 aliphatic rings. The highest BCUT2D eigenvalue weighted by Gasteiger charge is 2.18. The van der Waals surface area contributed by atoms with Crippen LogP contribution in [0.25, 0.3) is 21.8 Å². The van der Waals surface area contributed by atoms with Crippen molar-refractivity contribution in [1.82, 2.24) is 15.0 Å². The SMILES string of the molecule is CC.CCC(C)NC.Cc1onc2c1c(=O)n(Cc1ccccc1)c1cccc(Cl)c21. The van der Waals surface area contributed by atoms with Gasteiger partial charge in [-0.1, -0.05) is 73.9 Å². The standard InChI is InChI=1S/C18H13ClN2O2.C5H13N.C2H6/c1-11-15-17(20-23-11)16-13(19)8-5-9-14(16)21(18(15)22)10-12-6-3-2-4-7-12;1-4-5(2)6-3;1-2/h2-9H,10H2,1H3;5-6H,4H2,1-3H3;1-2H3. The number of hydrogen-bond acceptors (Lipinski definition) is 4. The summed E-state index contributed by atoms with van der Waals surface area (Å²) in [6.07, 6.45) is 1.22. The summed E-state index contributed by atoms with van der Waals surface area (Å²) in [6.45, 7) is 10.5. The van der Waals surface area contributed by atoms with Crippen molar-refractivity contribution in [3.8, 4) is 0 Å². The second-order valence-electron chi connectivity index (χ2n) is 7.07. The summed E-state index contributed by atoms with van der Waals surface area (Å²) in [6, 6.07) is 16.1. The van der Waals surface area contributed by atoms with Crippen molar-refractivity contribution >= 4 is 33.4 Å². The number of nitrogens with one attached hydrogen (secondary N) is 1. The lowest BCUT2D eigenvalue weighted by molar-refractivity contribution is 0.406. The highest BCUT2D eigenvalue weighted by Crippen LogP contribution is 2.30. The third-order valence-electron chi connectivity index (χ3n) is 5.13. The third-order valence-corrected chi connectivity index (χ3v) is 5.44. The van der Waals surface area contributed by atoms with Crippen molar-refractivity contribution in [2.75, 3.05) is 7.05 Å². The van der Waals surface area contributed by atoms with Gasteiger partial charge < -0.3 is 14.4 Å². The monoisotopic (exact) mass is 441 g/mol. The minimum atomic E-state index is -0.114. The molecule has 0 aliphatic heterocycles. The molecule has 31 heavy (non-hydrogen) atoms. The average molecular weight is 442 g/mol. The number of fused-ring (bicyclic) bond motifs is 3. The highest BCUT2D eigenvalue weighted by atomic mass is 35.5. The maximum absolute atomic E-state index is 13.0. The van der Waals surface area contributed by atoms with Gasteiger partial charge in [0.05, 0.1) is 17.1 Å². The van der Waals surface area contributed by atoms with Gasteiger partial charge in [0.2, 0.25) is 0 Å². The van der Waals surface area contributed by atoms with Gasteiger partial charge in [0.15, 0.2) is 0 Å². The molecule has 4 aromatic rings. The molecule has 6 heteroatoms. The van der Waals surface area contributed by atoms with Crippen LogP contribution in [0.3, 0.4) is 0 Å². The third kappa shape index (κ3) is 5.54. The van der Waals surface area contributed by atoms with E-state index in [9.17, 15) is 4.79 Å². The molecule has 0 spiro atoms. The topological polar surface area (TPSA) is 60.1 Å². The molecule has 2 aromatic heterocycles. The molecule has 2 heterocycles. The van der Waals surface area contributed by atoms with Crippen LogP contribution in [0.15, 0.2) is 57.8 Å². The molecule has 4 rings (SSSR count). The number of aromatic nitrogens is 2. The molecule has 0 fully saturated rings. The molecule has 1 atom stereocenters. The van der Waals surface area contributed by atoms with Crippen LogP contribution in [0.4, 0.5) is 0 Å². The molecule has 0 amide bonds. The molecule has 0 saturated carbocycles. The smallest absolute Gasteiger partial charge is 0.264 e. The van der Waals surface area contributed by atoms with Crippen LogP contribution in [0.2, 0.25) is 5.02 Å². The Kier molecular flexibility index (Phi) is 9.28. The largest absolute Gasteiger partial charge is 0.360 e. The summed E-state index contributed by atoms with van der Waals surface area (Å²) < 4.78 is 6.97. The Balaban J connectivity index is 0.000000372. The summed E-state index contributed by atoms with van der Waals surface area (Å²) in [5.41, 5.74) is 2.21. The first-order valence-electron chi connectivity index (χ1n) is 10.8. The zero-order valence-corrected chi connectivity index (χ0v) is 20.0. The number of hydrogen-bond donors (Lipinski definition) is 1. The van der Waals surface area contributed by atoms with Crippen molar-refractivity contribution in [3.05, 3.63) is 75.2 Å². The van der Waals surface area contributed by atoms with Crippen molar-refractivity contribution in [1.29, 1.82) is 0 Å². The minimum absolute atomic E-state index is 0.114. The highest BCUT2D eigenvalue weighted by molar-refractivity contribution is 6.37. The van der Waals surface area contributed by atoms with Gasteiger partial charge in [-0.05, 0) is 45.0 Å². The summed E-state index contributed by atoms with van der Waals surface area (Å²) in [5.74, 6) is 0.508. The molecular formula is C25H32ClN3O2. The predicted octanol–water partition coefficient (Wildman–Crippen LogP) is 6.18. The van der Waals surface area contributed by atoms with E-state index in [1.807, 2.05) is 63.4 Å². The zero-order valence-electron chi connectivity index (χ0n) is 19.2. The van der Waals surface area contributed by atoms with Crippen molar-refractivity contribution in [2.24, 2.45) is 0 Å². The van der Waals surface area contributed by atoms with E-state index in [2.05, 4.69) is 24.3 Å². The summed E-state index contributed by atoms with van der Waals surface area (Å²) >= 11 is 6.38. The van der Waals surface area contributed by atoms with E-state index in [1.165, 1.54) is 6.42 Å². The lowest BCUT2D eigenvalue weighted by Gasteiger charge is -2.12. The molecule has 2 aromatic carbocycles. The van der Waals surface area contributed by atoms with E-state index in [0.29, 0.717) is 34.3 Å². The quantitative estimate of drug-likeness (QED) is 0.410. The number of rotatable bonds is 4. The van der Waals surface area contributed by atoms with Crippen LogP contribution < -0.4 is 10.9 Å². The molecule has 166 valence electrons. The average Bonchev–Trinajstić information content (AvgIpc) is 3.20. The van der Waals surface area contributed by atoms with Gasteiger partial charge in [-0.25, -0.2) is 0 Å². The lowest BCUT2D eigenvalue weighted by Crippen LogP contribution is -2.21. The number of benzene rings is 2. The maximum Gasteiger partial charge on any atom is 0.264 e. The second-order valence-corrected chi connectivity index (χ2v) is 7.48. The first-order chi connectivity index (χ1) is 15.0. The fourth-order valence-corrected chi connectivity index (χ4v) is 3.40. The summed E-state index contributed by atoms with van der Waals surface area (Å²) in [5, 5.41) is 8.95. The molecule has 0 saturated heterocycles. The van der Waals surface area contributed by atoms with Crippen LogP contribution in [0, 0.1) is 6.92 Å². The maximum atomic E-state index is 13.0. The molecule has 1 N–H and O–H groups in total. The Morgan fingerprint density at radius 1 is 1.10 bits per heavy atom.